The van der Waals surface area contributed by atoms with Crippen molar-refractivity contribution in [2.45, 2.75) is 96.8 Å². The summed E-state index contributed by atoms with van der Waals surface area (Å²) in [5.74, 6) is 6.59. The highest BCUT2D eigenvalue weighted by Crippen LogP contribution is 2.41. The van der Waals surface area contributed by atoms with Crippen molar-refractivity contribution >= 4 is 0 Å². The Hall–Kier alpha value is -0.980. The van der Waals surface area contributed by atoms with Crippen molar-refractivity contribution in [3.63, 3.8) is 0 Å². The predicted molar refractivity (Wildman–Crippen MR) is 119 cm³/mol. The van der Waals surface area contributed by atoms with Crippen molar-refractivity contribution < 1.29 is 4.74 Å². The Labute approximate surface area is 173 Å². The molecule has 0 spiro atoms. The quantitative estimate of drug-likeness (QED) is 0.501. The summed E-state index contributed by atoms with van der Waals surface area (Å²) in [4.78, 5) is 0. The smallest absolute Gasteiger partial charge is 0.119 e. The number of benzene rings is 1. The second-order valence-electron chi connectivity index (χ2n) is 10.6. The van der Waals surface area contributed by atoms with Gasteiger partial charge in [-0.15, -0.1) is 0 Å². The van der Waals surface area contributed by atoms with Gasteiger partial charge in [0.25, 0.3) is 0 Å². The van der Waals surface area contributed by atoms with E-state index in [0.29, 0.717) is 0 Å². The minimum Gasteiger partial charge on any atom is -0.493 e. The van der Waals surface area contributed by atoms with Crippen LogP contribution in [0.25, 0.3) is 0 Å². The first kappa shape index (κ1) is 20.3. The zero-order chi connectivity index (χ0) is 19.3. The molecule has 1 nitrogen and oxygen atoms in total. The first-order chi connectivity index (χ1) is 13.7. The van der Waals surface area contributed by atoms with E-state index < -0.39 is 0 Å². The summed E-state index contributed by atoms with van der Waals surface area (Å²) in [5, 5.41) is 0. The van der Waals surface area contributed by atoms with E-state index in [1.54, 1.807) is 0 Å². The summed E-state index contributed by atoms with van der Waals surface area (Å²) in [5.41, 5.74) is 1.53. The third kappa shape index (κ3) is 5.33. The van der Waals surface area contributed by atoms with Gasteiger partial charge in [-0.3, -0.25) is 0 Å². The molecule has 3 aliphatic carbocycles. The van der Waals surface area contributed by atoms with Crippen molar-refractivity contribution in [3.8, 4) is 5.75 Å². The van der Waals surface area contributed by atoms with E-state index in [-0.39, 0.29) is 0 Å². The van der Waals surface area contributed by atoms with Gasteiger partial charge >= 0.3 is 0 Å². The van der Waals surface area contributed by atoms with Crippen molar-refractivity contribution in [1.82, 2.24) is 0 Å². The van der Waals surface area contributed by atoms with Crippen molar-refractivity contribution in [2.24, 2.45) is 29.6 Å². The number of ether oxygens (including phenoxy) is 1. The lowest BCUT2D eigenvalue weighted by Crippen LogP contribution is -2.27. The molecule has 1 aromatic carbocycles. The van der Waals surface area contributed by atoms with E-state index >= 15 is 0 Å². The highest BCUT2D eigenvalue weighted by molar-refractivity contribution is 5.29. The highest BCUT2D eigenvalue weighted by atomic mass is 16.5. The Morgan fingerprint density at radius 2 is 1.14 bits per heavy atom. The van der Waals surface area contributed by atoms with Crippen LogP contribution in [0.2, 0.25) is 0 Å². The standard InChI is InChI=1S/C27H42O/c1-20-3-9-23(10-4-20)25-13-7-22(8-14-25)19-28-27-17-15-26(16-18-27)24-11-5-21(2)6-12-24/h15-18,20-25H,3-14,19H2,1-2H3. The molecule has 0 atom stereocenters. The van der Waals surface area contributed by atoms with E-state index in [1.165, 1.54) is 82.6 Å². The zero-order valence-corrected chi connectivity index (χ0v) is 18.4. The molecular formula is C27H42O. The monoisotopic (exact) mass is 382 g/mol. The average molecular weight is 383 g/mol. The van der Waals surface area contributed by atoms with Gasteiger partial charge < -0.3 is 4.74 Å². The molecule has 0 N–H and O–H groups in total. The fraction of sp³-hybridized carbons (Fsp3) is 0.778. The van der Waals surface area contributed by atoms with Crippen LogP contribution in [0.1, 0.15) is 102 Å². The molecule has 0 heterocycles. The summed E-state index contributed by atoms with van der Waals surface area (Å²) in [7, 11) is 0. The molecule has 1 aromatic rings. The minimum atomic E-state index is 0.776. The number of rotatable bonds is 5. The lowest BCUT2D eigenvalue weighted by molar-refractivity contribution is 0.126. The fourth-order valence-corrected chi connectivity index (χ4v) is 6.23. The molecule has 0 bridgehead atoms. The van der Waals surface area contributed by atoms with Crippen molar-refractivity contribution in [3.05, 3.63) is 29.8 Å². The van der Waals surface area contributed by atoms with E-state index in [0.717, 1.165) is 47.9 Å². The second-order valence-corrected chi connectivity index (χ2v) is 10.6. The number of hydrogen-bond acceptors (Lipinski definition) is 1. The minimum absolute atomic E-state index is 0.776. The SMILES string of the molecule is CC1CCC(c2ccc(OCC3CCC(C4CCC(C)CC4)CC3)cc2)CC1. The maximum Gasteiger partial charge on any atom is 0.119 e. The van der Waals surface area contributed by atoms with Gasteiger partial charge in [0.1, 0.15) is 5.75 Å². The molecule has 4 rings (SSSR count). The fourth-order valence-electron chi connectivity index (χ4n) is 6.23. The molecule has 156 valence electrons. The second kappa shape index (κ2) is 9.68. The average Bonchev–Trinajstić information content (AvgIpc) is 2.74. The third-order valence-corrected chi connectivity index (χ3v) is 8.47. The van der Waals surface area contributed by atoms with Gasteiger partial charge in [0.15, 0.2) is 0 Å². The first-order valence-electron chi connectivity index (χ1n) is 12.4. The Morgan fingerprint density at radius 1 is 0.643 bits per heavy atom. The van der Waals surface area contributed by atoms with Crippen LogP contribution >= 0.6 is 0 Å². The molecule has 1 heteroatoms. The highest BCUT2D eigenvalue weighted by Gasteiger charge is 2.30. The van der Waals surface area contributed by atoms with Crippen LogP contribution in [-0.4, -0.2) is 6.61 Å². The molecule has 3 fully saturated rings. The van der Waals surface area contributed by atoms with Gasteiger partial charge in [-0.2, -0.15) is 0 Å². The largest absolute Gasteiger partial charge is 0.493 e. The molecule has 0 aliphatic heterocycles. The molecule has 0 unspecified atom stereocenters. The molecule has 3 aliphatic rings. The van der Waals surface area contributed by atoms with Gasteiger partial charge in [0.05, 0.1) is 6.61 Å². The van der Waals surface area contributed by atoms with Gasteiger partial charge in [-0.25, -0.2) is 0 Å². The van der Waals surface area contributed by atoms with Gasteiger partial charge in [0, 0.05) is 0 Å². The lowest BCUT2D eigenvalue weighted by Gasteiger charge is -2.37. The van der Waals surface area contributed by atoms with Crippen molar-refractivity contribution in [2.75, 3.05) is 6.61 Å². The van der Waals surface area contributed by atoms with Gasteiger partial charge in [-0.05, 0) is 105 Å². The van der Waals surface area contributed by atoms with Crippen LogP contribution in [0.15, 0.2) is 24.3 Å². The van der Waals surface area contributed by atoms with Gasteiger partial charge in [-0.1, -0.05) is 51.7 Å². The van der Waals surface area contributed by atoms with Crippen LogP contribution < -0.4 is 4.74 Å². The zero-order valence-electron chi connectivity index (χ0n) is 18.4. The van der Waals surface area contributed by atoms with Crippen molar-refractivity contribution in [1.29, 1.82) is 0 Å². The van der Waals surface area contributed by atoms with E-state index in [4.69, 9.17) is 4.74 Å². The Balaban J connectivity index is 1.18. The lowest BCUT2D eigenvalue weighted by atomic mass is 9.69. The Bertz CT molecular complexity index is 567. The molecule has 3 saturated carbocycles. The molecule has 0 saturated heterocycles. The predicted octanol–water partition coefficient (Wildman–Crippen LogP) is 7.99. The summed E-state index contributed by atoms with van der Waals surface area (Å²) in [6.07, 6.45) is 17.1. The summed E-state index contributed by atoms with van der Waals surface area (Å²) >= 11 is 0. The normalized spacial score (nSPS) is 36.8. The van der Waals surface area contributed by atoms with Crippen LogP contribution in [0, 0.1) is 29.6 Å². The topological polar surface area (TPSA) is 9.23 Å². The first-order valence-corrected chi connectivity index (χ1v) is 12.4. The molecule has 0 radical (unpaired) electrons. The van der Waals surface area contributed by atoms with Crippen LogP contribution in [0.3, 0.4) is 0 Å². The third-order valence-electron chi connectivity index (χ3n) is 8.47. The molecule has 28 heavy (non-hydrogen) atoms. The van der Waals surface area contributed by atoms with Crippen LogP contribution in [0.4, 0.5) is 0 Å². The molecule has 0 amide bonds. The van der Waals surface area contributed by atoms with E-state index in [1.807, 2.05) is 0 Å². The van der Waals surface area contributed by atoms with Crippen LogP contribution in [-0.2, 0) is 0 Å². The Kier molecular flexibility index (Phi) is 7.02. The van der Waals surface area contributed by atoms with E-state index in [9.17, 15) is 0 Å². The van der Waals surface area contributed by atoms with Gasteiger partial charge in [0.2, 0.25) is 0 Å². The van der Waals surface area contributed by atoms with E-state index in [2.05, 4.69) is 38.1 Å². The summed E-state index contributed by atoms with van der Waals surface area (Å²) < 4.78 is 6.20. The summed E-state index contributed by atoms with van der Waals surface area (Å²) in [6.45, 7) is 5.76. The Morgan fingerprint density at radius 3 is 1.71 bits per heavy atom. The summed E-state index contributed by atoms with van der Waals surface area (Å²) in [6, 6.07) is 9.11. The maximum atomic E-state index is 6.20. The maximum absolute atomic E-state index is 6.20. The molecular weight excluding hydrogens is 340 g/mol. The molecule has 0 aromatic heterocycles. The number of hydrogen-bond donors (Lipinski definition) is 0. The van der Waals surface area contributed by atoms with Crippen LogP contribution in [0.5, 0.6) is 5.75 Å².